The molecule has 1 atom stereocenters. The van der Waals surface area contributed by atoms with Gasteiger partial charge in [0.05, 0.1) is 0 Å². The van der Waals surface area contributed by atoms with Crippen molar-refractivity contribution in [2.75, 3.05) is 6.54 Å². The number of rotatable bonds is 2. The summed E-state index contributed by atoms with van der Waals surface area (Å²) in [6.07, 6.45) is 7.57. The van der Waals surface area contributed by atoms with Gasteiger partial charge in [0.15, 0.2) is 0 Å². The second kappa shape index (κ2) is 3.88. The molecule has 1 fully saturated rings. The van der Waals surface area contributed by atoms with Gasteiger partial charge in [0.1, 0.15) is 0 Å². The maximum atomic E-state index is 4.20. The standard InChI is InChI=1S/C11H16N2/c1-2-9-5-7-12-8-10(9)11-4-3-6-13-11/h5,7-8,11,13H,2-4,6H2,1H3. The SMILES string of the molecule is CCc1ccncc1C1CCCN1. The average Bonchev–Trinajstić information content (AvgIpc) is 2.70. The first-order chi connectivity index (χ1) is 6.42. The molecule has 0 radical (unpaired) electrons. The van der Waals surface area contributed by atoms with Crippen molar-refractivity contribution in [3.63, 3.8) is 0 Å². The predicted octanol–water partition coefficient (Wildman–Crippen LogP) is 2.07. The Labute approximate surface area is 79.4 Å². The zero-order valence-corrected chi connectivity index (χ0v) is 8.09. The second-order valence-electron chi connectivity index (χ2n) is 3.58. The van der Waals surface area contributed by atoms with Crippen molar-refractivity contribution >= 4 is 0 Å². The van der Waals surface area contributed by atoms with Crippen LogP contribution in [0, 0.1) is 0 Å². The smallest absolute Gasteiger partial charge is 0.0338 e. The fraction of sp³-hybridized carbons (Fsp3) is 0.545. The van der Waals surface area contributed by atoms with Crippen molar-refractivity contribution in [1.82, 2.24) is 10.3 Å². The molecule has 1 N–H and O–H groups in total. The summed E-state index contributed by atoms with van der Waals surface area (Å²) in [6.45, 7) is 3.36. The van der Waals surface area contributed by atoms with Gasteiger partial charge >= 0.3 is 0 Å². The summed E-state index contributed by atoms with van der Waals surface area (Å²) in [5.41, 5.74) is 2.84. The largest absolute Gasteiger partial charge is 0.310 e. The van der Waals surface area contributed by atoms with Crippen molar-refractivity contribution in [1.29, 1.82) is 0 Å². The Bertz CT molecular complexity index is 277. The molecule has 1 aromatic rings. The van der Waals surface area contributed by atoms with Crippen molar-refractivity contribution in [2.24, 2.45) is 0 Å². The second-order valence-corrected chi connectivity index (χ2v) is 3.58. The Morgan fingerprint density at radius 2 is 2.54 bits per heavy atom. The van der Waals surface area contributed by atoms with E-state index in [-0.39, 0.29) is 0 Å². The first-order valence-electron chi connectivity index (χ1n) is 5.08. The third kappa shape index (κ3) is 1.73. The lowest BCUT2D eigenvalue weighted by molar-refractivity contribution is 0.638. The van der Waals surface area contributed by atoms with Crippen molar-refractivity contribution in [2.45, 2.75) is 32.2 Å². The molecule has 0 spiro atoms. The van der Waals surface area contributed by atoms with Crippen molar-refractivity contribution in [3.05, 3.63) is 29.6 Å². The third-order valence-electron chi connectivity index (χ3n) is 2.76. The molecule has 2 heteroatoms. The monoisotopic (exact) mass is 176 g/mol. The molecule has 0 aromatic carbocycles. The van der Waals surface area contributed by atoms with Gasteiger partial charge in [-0.05, 0) is 43.0 Å². The van der Waals surface area contributed by atoms with Gasteiger partial charge in [0, 0.05) is 18.4 Å². The molecule has 1 unspecified atom stereocenters. The highest BCUT2D eigenvalue weighted by Crippen LogP contribution is 2.25. The lowest BCUT2D eigenvalue weighted by Crippen LogP contribution is -2.14. The van der Waals surface area contributed by atoms with Gasteiger partial charge in [-0.3, -0.25) is 4.98 Å². The van der Waals surface area contributed by atoms with Crippen LogP contribution in [0.2, 0.25) is 0 Å². The van der Waals surface area contributed by atoms with Gasteiger partial charge < -0.3 is 5.32 Å². The Morgan fingerprint density at radius 1 is 1.62 bits per heavy atom. The molecule has 0 amide bonds. The first kappa shape index (κ1) is 8.70. The number of aromatic nitrogens is 1. The van der Waals surface area contributed by atoms with E-state index in [2.05, 4.69) is 23.3 Å². The number of hydrogen-bond acceptors (Lipinski definition) is 2. The zero-order valence-electron chi connectivity index (χ0n) is 8.09. The summed E-state index contributed by atoms with van der Waals surface area (Å²) in [5, 5.41) is 3.51. The molecule has 13 heavy (non-hydrogen) atoms. The van der Waals surface area contributed by atoms with Gasteiger partial charge in [0.2, 0.25) is 0 Å². The van der Waals surface area contributed by atoms with Gasteiger partial charge in [-0.15, -0.1) is 0 Å². The molecule has 0 bridgehead atoms. The Kier molecular flexibility index (Phi) is 2.60. The molecule has 2 nitrogen and oxygen atoms in total. The maximum absolute atomic E-state index is 4.20. The molecule has 1 aliphatic heterocycles. The Hall–Kier alpha value is -0.890. The summed E-state index contributed by atoms with van der Waals surface area (Å²) in [7, 11) is 0. The molecule has 0 aliphatic carbocycles. The van der Waals surface area contributed by atoms with E-state index in [1.54, 1.807) is 0 Å². The number of nitrogens with zero attached hydrogens (tertiary/aromatic N) is 1. The average molecular weight is 176 g/mol. The molecule has 70 valence electrons. The summed E-state index contributed by atoms with van der Waals surface area (Å²) < 4.78 is 0. The van der Waals surface area contributed by atoms with E-state index in [1.165, 1.54) is 24.0 Å². The predicted molar refractivity (Wildman–Crippen MR) is 53.6 cm³/mol. The van der Waals surface area contributed by atoms with Gasteiger partial charge in [0.25, 0.3) is 0 Å². The van der Waals surface area contributed by atoms with Crippen molar-refractivity contribution < 1.29 is 0 Å². The van der Waals surface area contributed by atoms with Crippen LogP contribution in [0.25, 0.3) is 0 Å². The van der Waals surface area contributed by atoms with Crippen LogP contribution in [-0.2, 0) is 6.42 Å². The highest BCUT2D eigenvalue weighted by molar-refractivity contribution is 5.27. The van der Waals surface area contributed by atoms with Crippen LogP contribution in [0.15, 0.2) is 18.5 Å². The van der Waals surface area contributed by atoms with E-state index >= 15 is 0 Å². The highest BCUT2D eigenvalue weighted by Gasteiger charge is 2.18. The van der Waals surface area contributed by atoms with Crippen molar-refractivity contribution in [3.8, 4) is 0 Å². The van der Waals surface area contributed by atoms with Crippen LogP contribution in [-0.4, -0.2) is 11.5 Å². The molecular weight excluding hydrogens is 160 g/mol. The van der Waals surface area contributed by atoms with E-state index in [0.29, 0.717) is 6.04 Å². The zero-order chi connectivity index (χ0) is 9.10. The minimum absolute atomic E-state index is 0.559. The highest BCUT2D eigenvalue weighted by atomic mass is 14.9. The lowest BCUT2D eigenvalue weighted by Gasteiger charge is -2.13. The Morgan fingerprint density at radius 3 is 3.23 bits per heavy atom. The summed E-state index contributed by atoms with van der Waals surface area (Å²) >= 11 is 0. The topological polar surface area (TPSA) is 24.9 Å². The third-order valence-corrected chi connectivity index (χ3v) is 2.76. The summed E-state index contributed by atoms with van der Waals surface area (Å²) in [6, 6.07) is 2.69. The normalized spacial score (nSPS) is 22.1. The van der Waals surface area contributed by atoms with E-state index in [0.717, 1.165) is 13.0 Å². The van der Waals surface area contributed by atoms with Crippen LogP contribution in [0.4, 0.5) is 0 Å². The maximum Gasteiger partial charge on any atom is 0.0338 e. The van der Waals surface area contributed by atoms with Crippen LogP contribution in [0.5, 0.6) is 0 Å². The number of hydrogen-bond donors (Lipinski definition) is 1. The summed E-state index contributed by atoms with van der Waals surface area (Å²) in [4.78, 5) is 4.20. The molecular formula is C11H16N2. The van der Waals surface area contributed by atoms with E-state index < -0.39 is 0 Å². The van der Waals surface area contributed by atoms with Crippen LogP contribution >= 0.6 is 0 Å². The number of aryl methyl sites for hydroxylation is 1. The summed E-state index contributed by atoms with van der Waals surface area (Å²) in [5.74, 6) is 0. The van der Waals surface area contributed by atoms with E-state index in [4.69, 9.17) is 0 Å². The lowest BCUT2D eigenvalue weighted by atomic mass is 10.0. The fourth-order valence-corrected chi connectivity index (χ4v) is 2.02. The molecule has 2 heterocycles. The number of pyridine rings is 1. The van der Waals surface area contributed by atoms with Crippen LogP contribution < -0.4 is 5.32 Å². The molecule has 2 rings (SSSR count). The van der Waals surface area contributed by atoms with Crippen LogP contribution in [0.1, 0.15) is 36.9 Å². The minimum atomic E-state index is 0.559. The minimum Gasteiger partial charge on any atom is -0.310 e. The Balaban J connectivity index is 2.26. The van der Waals surface area contributed by atoms with E-state index in [9.17, 15) is 0 Å². The molecule has 1 aliphatic rings. The quantitative estimate of drug-likeness (QED) is 0.746. The molecule has 0 saturated carbocycles. The number of nitrogens with one attached hydrogen (secondary N) is 1. The van der Waals surface area contributed by atoms with Gasteiger partial charge in [-0.2, -0.15) is 0 Å². The van der Waals surface area contributed by atoms with Crippen LogP contribution in [0.3, 0.4) is 0 Å². The van der Waals surface area contributed by atoms with E-state index in [1.807, 2.05) is 12.4 Å². The van der Waals surface area contributed by atoms with Gasteiger partial charge in [-0.25, -0.2) is 0 Å². The van der Waals surface area contributed by atoms with Gasteiger partial charge in [-0.1, -0.05) is 6.92 Å². The molecule has 1 aromatic heterocycles. The first-order valence-corrected chi connectivity index (χ1v) is 5.08. The molecule has 1 saturated heterocycles. The fourth-order valence-electron chi connectivity index (χ4n) is 2.02.